The molecule has 6 nitrogen and oxygen atoms in total. The van der Waals surface area contributed by atoms with E-state index < -0.39 is 0 Å². The van der Waals surface area contributed by atoms with Gasteiger partial charge in [0.15, 0.2) is 11.5 Å². The Bertz CT molecular complexity index is 537. The van der Waals surface area contributed by atoms with E-state index in [0.717, 1.165) is 43.5 Å². The van der Waals surface area contributed by atoms with Crippen LogP contribution in [0.3, 0.4) is 0 Å². The van der Waals surface area contributed by atoms with E-state index in [1.54, 1.807) is 6.20 Å². The van der Waals surface area contributed by atoms with Crippen molar-refractivity contribution in [1.29, 1.82) is 0 Å². The molecule has 0 aromatic carbocycles. The van der Waals surface area contributed by atoms with Crippen molar-refractivity contribution in [3.8, 4) is 0 Å². The lowest BCUT2D eigenvalue weighted by Crippen LogP contribution is -2.11. The molecule has 0 spiro atoms. The number of hydrogen-bond acceptors (Lipinski definition) is 5. The quantitative estimate of drug-likeness (QED) is 0.725. The number of hydrogen-bond donors (Lipinski definition) is 2. The Hall–Kier alpha value is -1.82. The Balaban J connectivity index is 1.87. The molecule has 0 aliphatic carbocycles. The van der Waals surface area contributed by atoms with Crippen LogP contribution >= 0.6 is 0 Å². The molecule has 0 aliphatic heterocycles. The van der Waals surface area contributed by atoms with E-state index in [1.165, 1.54) is 0 Å². The molecule has 6 heteroatoms. The van der Waals surface area contributed by atoms with Crippen molar-refractivity contribution in [3.63, 3.8) is 0 Å². The van der Waals surface area contributed by atoms with Gasteiger partial charge in [0.05, 0.1) is 6.20 Å². The van der Waals surface area contributed by atoms with Crippen LogP contribution in [0.15, 0.2) is 18.6 Å². The van der Waals surface area contributed by atoms with E-state index >= 15 is 0 Å². The molecule has 110 valence electrons. The molecule has 0 unspecified atom stereocenters. The molecule has 2 N–H and O–H groups in total. The van der Waals surface area contributed by atoms with Gasteiger partial charge in [0, 0.05) is 39.2 Å². The largest absolute Gasteiger partial charge is 0.381 e. The summed E-state index contributed by atoms with van der Waals surface area (Å²) in [6.45, 7) is 6.71. The molecule has 0 saturated heterocycles. The second kappa shape index (κ2) is 7.09. The number of ether oxygens (including phenoxy) is 1. The third kappa shape index (κ3) is 3.84. The normalized spacial score (nSPS) is 11.2. The highest BCUT2D eigenvalue weighted by Crippen LogP contribution is 2.15. The molecule has 2 aromatic heterocycles. The van der Waals surface area contributed by atoms with E-state index in [4.69, 9.17) is 4.74 Å². The van der Waals surface area contributed by atoms with Gasteiger partial charge in [0.1, 0.15) is 5.82 Å². The van der Waals surface area contributed by atoms with Crippen LogP contribution in [0.1, 0.15) is 20.3 Å². The van der Waals surface area contributed by atoms with E-state index in [-0.39, 0.29) is 0 Å². The Morgan fingerprint density at radius 1 is 1.40 bits per heavy atom. The third-order valence-electron chi connectivity index (χ3n) is 2.84. The minimum absolute atomic E-state index is 0.585. The number of imidazole rings is 1. The van der Waals surface area contributed by atoms with Gasteiger partial charge in [-0.3, -0.25) is 0 Å². The molecular formula is C14H23N5O. The van der Waals surface area contributed by atoms with Crippen molar-refractivity contribution < 1.29 is 4.74 Å². The van der Waals surface area contributed by atoms with Crippen LogP contribution < -0.4 is 10.6 Å². The monoisotopic (exact) mass is 277 g/mol. The summed E-state index contributed by atoms with van der Waals surface area (Å²) >= 11 is 0. The first-order chi connectivity index (χ1) is 9.70. The number of aromatic nitrogens is 3. The highest BCUT2D eigenvalue weighted by atomic mass is 16.5. The number of nitrogens with zero attached hydrogens (tertiary/aromatic N) is 3. The molecule has 20 heavy (non-hydrogen) atoms. The van der Waals surface area contributed by atoms with Crippen LogP contribution in [0.5, 0.6) is 0 Å². The molecule has 2 heterocycles. The average Bonchev–Trinajstić information content (AvgIpc) is 2.90. The molecule has 2 aromatic rings. The maximum absolute atomic E-state index is 5.56. The standard InChI is InChI=1S/C14H23N5O/c1-11(2)10-20-8-4-5-16-13-14-17-6-7-19(14)9-12(15-3)18-13/h6-7,9,11,15H,4-5,8,10H2,1-3H3,(H,16,18). The Morgan fingerprint density at radius 2 is 2.25 bits per heavy atom. The molecule has 0 aliphatic rings. The van der Waals surface area contributed by atoms with Crippen molar-refractivity contribution in [2.24, 2.45) is 5.92 Å². The summed E-state index contributed by atoms with van der Waals surface area (Å²) in [4.78, 5) is 8.80. The van der Waals surface area contributed by atoms with Gasteiger partial charge in [-0.2, -0.15) is 0 Å². The van der Waals surface area contributed by atoms with E-state index in [0.29, 0.717) is 5.92 Å². The lowest BCUT2D eigenvalue weighted by molar-refractivity contribution is 0.110. The van der Waals surface area contributed by atoms with Gasteiger partial charge in [-0.05, 0) is 12.3 Å². The zero-order valence-corrected chi connectivity index (χ0v) is 12.4. The van der Waals surface area contributed by atoms with Gasteiger partial charge in [0.2, 0.25) is 0 Å². The predicted molar refractivity (Wildman–Crippen MR) is 81.3 cm³/mol. The zero-order chi connectivity index (χ0) is 14.4. The van der Waals surface area contributed by atoms with Gasteiger partial charge < -0.3 is 19.8 Å². The van der Waals surface area contributed by atoms with Crippen LogP contribution in [0.4, 0.5) is 11.6 Å². The maximum atomic E-state index is 5.56. The second-order valence-electron chi connectivity index (χ2n) is 5.13. The van der Waals surface area contributed by atoms with E-state index in [1.807, 2.05) is 23.8 Å². The van der Waals surface area contributed by atoms with Gasteiger partial charge in [0.25, 0.3) is 0 Å². The van der Waals surface area contributed by atoms with Crippen molar-refractivity contribution in [2.75, 3.05) is 37.4 Å². The lowest BCUT2D eigenvalue weighted by Gasteiger charge is -2.10. The molecular weight excluding hydrogens is 254 g/mol. The summed E-state index contributed by atoms with van der Waals surface area (Å²) in [6.07, 6.45) is 6.55. The molecule has 0 saturated carbocycles. The van der Waals surface area contributed by atoms with Crippen molar-refractivity contribution >= 4 is 17.3 Å². The molecule has 0 atom stereocenters. The first kappa shape index (κ1) is 14.6. The maximum Gasteiger partial charge on any atom is 0.180 e. The molecule has 2 rings (SSSR count). The topological polar surface area (TPSA) is 63.5 Å². The summed E-state index contributed by atoms with van der Waals surface area (Å²) < 4.78 is 7.51. The van der Waals surface area contributed by atoms with Crippen molar-refractivity contribution in [2.45, 2.75) is 20.3 Å². The highest BCUT2D eigenvalue weighted by molar-refractivity contribution is 5.65. The van der Waals surface area contributed by atoms with Crippen LogP contribution in [0.2, 0.25) is 0 Å². The fourth-order valence-corrected chi connectivity index (χ4v) is 1.87. The minimum Gasteiger partial charge on any atom is -0.381 e. The second-order valence-corrected chi connectivity index (χ2v) is 5.13. The van der Waals surface area contributed by atoms with Gasteiger partial charge >= 0.3 is 0 Å². The first-order valence-electron chi connectivity index (χ1n) is 7.03. The fraction of sp³-hybridized carbons (Fsp3) is 0.571. The molecule has 0 amide bonds. The molecule has 0 radical (unpaired) electrons. The Morgan fingerprint density at radius 3 is 3.00 bits per heavy atom. The van der Waals surface area contributed by atoms with E-state index in [9.17, 15) is 0 Å². The third-order valence-corrected chi connectivity index (χ3v) is 2.84. The van der Waals surface area contributed by atoms with Crippen LogP contribution in [-0.2, 0) is 4.74 Å². The Kier molecular flexibility index (Phi) is 5.17. The summed E-state index contributed by atoms with van der Waals surface area (Å²) in [5.41, 5.74) is 0.840. The van der Waals surface area contributed by atoms with Gasteiger partial charge in [-0.25, -0.2) is 9.97 Å². The molecule has 0 bridgehead atoms. The average molecular weight is 277 g/mol. The van der Waals surface area contributed by atoms with E-state index in [2.05, 4.69) is 34.4 Å². The zero-order valence-electron chi connectivity index (χ0n) is 12.4. The number of nitrogens with one attached hydrogen (secondary N) is 2. The molecule has 0 fully saturated rings. The highest BCUT2D eigenvalue weighted by Gasteiger charge is 2.06. The summed E-state index contributed by atoms with van der Waals surface area (Å²) in [5, 5.41) is 6.37. The van der Waals surface area contributed by atoms with Crippen LogP contribution in [0.25, 0.3) is 5.65 Å². The predicted octanol–water partition coefficient (Wildman–Crippen LogP) is 2.25. The van der Waals surface area contributed by atoms with Crippen LogP contribution in [0, 0.1) is 5.92 Å². The van der Waals surface area contributed by atoms with Crippen LogP contribution in [-0.4, -0.2) is 41.2 Å². The smallest absolute Gasteiger partial charge is 0.180 e. The van der Waals surface area contributed by atoms with Crippen molar-refractivity contribution in [1.82, 2.24) is 14.4 Å². The SMILES string of the molecule is CNc1cn2ccnc2c(NCCCOCC(C)C)n1. The Labute approximate surface area is 119 Å². The number of anilines is 2. The fourth-order valence-electron chi connectivity index (χ4n) is 1.87. The van der Waals surface area contributed by atoms with Crippen molar-refractivity contribution in [3.05, 3.63) is 18.6 Å². The number of fused-ring (bicyclic) bond motifs is 1. The lowest BCUT2D eigenvalue weighted by atomic mass is 10.2. The summed E-state index contributed by atoms with van der Waals surface area (Å²) in [6, 6.07) is 0. The van der Waals surface area contributed by atoms with Gasteiger partial charge in [-0.15, -0.1) is 0 Å². The summed E-state index contributed by atoms with van der Waals surface area (Å²) in [7, 11) is 1.86. The number of rotatable bonds is 8. The minimum atomic E-state index is 0.585. The first-order valence-corrected chi connectivity index (χ1v) is 7.03. The summed E-state index contributed by atoms with van der Waals surface area (Å²) in [5.74, 6) is 2.20. The van der Waals surface area contributed by atoms with Gasteiger partial charge in [-0.1, -0.05) is 13.8 Å².